The van der Waals surface area contributed by atoms with Crippen molar-refractivity contribution < 1.29 is 23.5 Å². The van der Waals surface area contributed by atoms with Crippen LogP contribution in [0.25, 0.3) is 0 Å². The van der Waals surface area contributed by atoms with Crippen LogP contribution in [0.4, 0.5) is 4.39 Å². The van der Waals surface area contributed by atoms with Crippen LogP contribution in [-0.4, -0.2) is 23.4 Å². The molecule has 4 nitrogen and oxygen atoms in total. The standard InChI is InChI=1S/C6H6ClFO4/c1-3(9)2-4(10)12-6(11)5(7)8/h5H,2H2,1H3. The topological polar surface area (TPSA) is 60.4 Å². The van der Waals surface area contributed by atoms with Gasteiger partial charge >= 0.3 is 11.9 Å². The van der Waals surface area contributed by atoms with Crippen LogP contribution in [0.2, 0.25) is 0 Å². The lowest BCUT2D eigenvalue weighted by molar-refractivity contribution is -0.161. The van der Waals surface area contributed by atoms with E-state index in [1.165, 1.54) is 0 Å². The van der Waals surface area contributed by atoms with Gasteiger partial charge in [-0.1, -0.05) is 11.6 Å². The molecule has 0 N–H and O–H groups in total. The first-order chi connectivity index (χ1) is 5.43. The molecule has 68 valence electrons. The number of esters is 2. The third kappa shape index (κ3) is 4.79. The van der Waals surface area contributed by atoms with Crippen molar-refractivity contribution in [3.05, 3.63) is 0 Å². The van der Waals surface area contributed by atoms with Crippen LogP contribution in [-0.2, 0) is 19.1 Å². The Labute approximate surface area is 72.6 Å². The highest BCUT2D eigenvalue weighted by atomic mass is 35.5. The summed E-state index contributed by atoms with van der Waals surface area (Å²) in [5.74, 6) is -3.07. The minimum Gasteiger partial charge on any atom is -0.390 e. The third-order valence-electron chi connectivity index (χ3n) is 0.786. The zero-order valence-corrected chi connectivity index (χ0v) is 6.93. The Balaban J connectivity index is 3.85. The van der Waals surface area contributed by atoms with E-state index < -0.39 is 29.8 Å². The van der Waals surface area contributed by atoms with Gasteiger partial charge in [0.15, 0.2) is 0 Å². The van der Waals surface area contributed by atoms with Gasteiger partial charge in [-0.3, -0.25) is 9.59 Å². The number of ketones is 1. The van der Waals surface area contributed by atoms with Gasteiger partial charge in [-0.2, -0.15) is 0 Å². The largest absolute Gasteiger partial charge is 0.390 e. The van der Waals surface area contributed by atoms with E-state index in [0.717, 1.165) is 6.92 Å². The van der Waals surface area contributed by atoms with Gasteiger partial charge in [0.25, 0.3) is 5.63 Å². The lowest BCUT2D eigenvalue weighted by Crippen LogP contribution is -2.19. The molecule has 12 heavy (non-hydrogen) atoms. The lowest BCUT2D eigenvalue weighted by Gasteiger charge is -1.99. The van der Waals surface area contributed by atoms with E-state index in [1.54, 1.807) is 0 Å². The van der Waals surface area contributed by atoms with Gasteiger partial charge in [0.05, 0.1) is 0 Å². The molecule has 1 atom stereocenters. The molecule has 0 aromatic rings. The number of carbonyl (C=O) groups excluding carboxylic acids is 3. The summed E-state index contributed by atoms with van der Waals surface area (Å²) in [7, 11) is 0. The molecule has 0 aromatic carbocycles. The van der Waals surface area contributed by atoms with Crippen LogP contribution < -0.4 is 0 Å². The molecule has 0 aliphatic carbocycles. The van der Waals surface area contributed by atoms with Crippen molar-refractivity contribution in [1.82, 2.24) is 0 Å². The van der Waals surface area contributed by atoms with E-state index in [0.29, 0.717) is 0 Å². The molecule has 0 saturated heterocycles. The summed E-state index contributed by atoms with van der Waals surface area (Å²) in [6.45, 7) is 1.14. The zero-order chi connectivity index (χ0) is 9.72. The molecule has 0 bridgehead atoms. The highest BCUT2D eigenvalue weighted by Gasteiger charge is 2.19. The van der Waals surface area contributed by atoms with Crippen molar-refractivity contribution in [3.63, 3.8) is 0 Å². The average Bonchev–Trinajstić information content (AvgIpc) is 1.84. The third-order valence-corrected chi connectivity index (χ3v) is 0.964. The normalized spacial score (nSPS) is 11.9. The molecule has 0 aliphatic heterocycles. The van der Waals surface area contributed by atoms with Gasteiger partial charge in [-0.25, -0.2) is 9.18 Å². The van der Waals surface area contributed by atoms with Gasteiger partial charge in [-0.15, -0.1) is 0 Å². The molecule has 0 aliphatic rings. The van der Waals surface area contributed by atoms with Crippen molar-refractivity contribution in [3.8, 4) is 0 Å². The Bertz CT molecular complexity index is 214. The van der Waals surface area contributed by atoms with E-state index in [2.05, 4.69) is 16.3 Å². The number of rotatable bonds is 3. The summed E-state index contributed by atoms with van der Waals surface area (Å²) in [5.41, 5.74) is -2.37. The molecule has 0 rings (SSSR count). The predicted molar refractivity (Wildman–Crippen MR) is 37.1 cm³/mol. The first-order valence-electron chi connectivity index (χ1n) is 2.95. The zero-order valence-electron chi connectivity index (χ0n) is 6.17. The van der Waals surface area contributed by atoms with E-state index in [-0.39, 0.29) is 0 Å². The number of hydrogen-bond donors (Lipinski definition) is 0. The van der Waals surface area contributed by atoms with Gasteiger partial charge < -0.3 is 4.74 Å². The van der Waals surface area contributed by atoms with Gasteiger partial charge in [0, 0.05) is 0 Å². The van der Waals surface area contributed by atoms with Crippen LogP contribution >= 0.6 is 11.6 Å². The second-order valence-corrected chi connectivity index (χ2v) is 2.36. The number of carbonyl (C=O) groups is 3. The number of ether oxygens (including phenoxy) is 1. The van der Waals surface area contributed by atoms with Crippen molar-refractivity contribution in [1.29, 1.82) is 0 Å². The van der Waals surface area contributed by atoms with Gasteiger partial charge in [0.2, 0.25) is 0 Å². The van der Waals surface area contributed by atoms with Crippen LogP contribution in [0, 0.1) is 0 Å². The summed E-state index contributed by atoms with van der Waals surface area (Å²) in [6, 6.07) is 0. The van der Waals surface area contributed by atoms with Crippen molar-refractivity contribution in [2.24, 2.45) is 0 Å². The fraction of sp³-hybridized carbons (Fsp3) is 0.500. The van der Waals surface area contributed by atoms with Crippen molar-refractivity contribution in [2.75, 3.05) is 0 Å². The SMILES string of the molecule is CC(=O)CC(=O)OC(=O)C(F)Cl. The number of halogens is 2. The maximum atomic E-state index is 11.8. The number of Topliss-reactive ketones (excluding diaryl/α,β-unsaturated/α-hetero) is 1. The van der Waals surface area contributed by atoms with Crippen LogP contribution in [0.3, 0.4) is 0 Å². The molecule has 0 heterocycles. The summed E-state index contributed by atoms with van der Waals surface area (Å²) in [6.07, 6.45) is -0.560. The molecule has 0 aromatic heterocycles. The predicted octanol–water partition coefficient (Wildman–Crippen LogP) is 0.570. The molecular weight excluding hydrogens is 191 g/mol. The Morgan fingerprint density at radius 2 is 2.00 bits per heavy atom. The molecular formula is C6H6ClFO4. The molecule has 0 radical (unpaired) electrons. The fourth-order valence-corrected chi connectivity index (χ4v) is 0.441. The van der Waals surface area contributed by atoms with E-state index >= 15 is 0 Å². The molecule has 0 saturated carbocycles. The van der Waals surface area contributed by atoms with Gasteiger partial charge in [0.1, 0.15) is 12.2 Å². The monoisotopic (exact) mass is 196 g/mol. The second kappa shape index (κ2) is 4.82. The van der Waals surface area contributed by atoms with Crippen LogP contribution in [0.5, 0.6) is 0 Å². The first-order valence-corrected chi connectivity index (χ1v) is 3.39. The van der Waals surface area contributed by atoms with E-state index in [4.69, 9.17) is 0 Å². The minimum atomic E-state index is -2.37. The first kappa shape index (κ1) is 11.0. The lowest BCUT2D eigenvalue weighted by atomic mass is 10.3. The molecule has 1 unspecified atom stereocenters. The average molecular weight is 197 g/mol. The van der Waals surface area contributed by atoms with Crippen LogP contribution in [0.1, 0.15) is 13.3 Å². The molecule has 0 spiro atoms. The smallest absolute Gasteiger partial charge is 0.364 e. The molecule has 0 amide bonds. The summed E-state index contributed by atoms with van der Waals surface area (Å²) < 4.78 is 15.7. The van der Waals surface area contributed by atoms with Gasteiger partial charge in [-0.05, 0) is 6.92 Å². The summed E-state index contributed by atoms with van der Waals surface area (Å²) in [4.78, 5) is 31.0. The van der Waals surface area contributed by atoms with E-state index in [9.17, 15) is 18.8 Å². The number of alkyl halides is 2. The van der Waals surface area contributed by atoms with Crippen LogP contribution in [0.15, 0.2) is 0 Å². The van der Waals surface area contributed by atoms with E-state index in [1.807, 2.05) is 0 Å². The highest BCUT2D eigenvalue weighted by molar-refractivity contribution is 6.29. The minimum absolute atomic E-state index is 0.474. The van der Waals surface area contributed by atoms with Crippen molar-refractivity contribution >= 4 is 29.3 Å². The maximum absolute atomic E-state index is 11.8. The summed E-state index contributed by atoms with van der Waals surface area (Å²) in [5, 5.41) is 0. The fourth-order valence-electron chi connectivity index (χ4n) is 0.396. The molecule has 0 fully saturated rings. The van der Waals surface area contributed by atoms with Crippen molar-refractivity contribution in [2.45, 2.75) is 19.0 Å². The highest BCUT2D eigenvalue weighted by Crippen LogP contribution is 2.01. The Morgan fingerprint density at radius 3 is 2.33 bits per heavy atom. The quantitative estimate of drug-likeness (QED) is 0.376. The molecule has 6 heteroatoms. The number of hydrogen-bond acceptors (Lipinski definition) is 4. The summed E-state index contributed by atoms with van der Waals surface area (Å²) >= 11 is 4.63. The maximum Gasteiger partial charge on any atom is 0.364 e. The Morgan fingerprint density at radius 1 is 1.50 bits per heavy atom. The Hall–Kier alpha value is -0.970. The Kier molecular flexibility index (Phi) is 4.43. The second-order valence-electron chi connectivity index (χ2n) is 1.97.